The van der Waals surface area contributed by atoms with Gasteiger partial charge in [-0.2, -0.15) is 5.10 Å². The van der Waals surface area contributed by atoms with Crippen molar-refractivity contribution in [2.75, 3.05) is 13.1 Å². The monoisotopic (exact) mass is 563 g/mol. The number of rotatable bonds is 6. The molecule has 1 fully saturated rings. The SMILES string of the molecule is Cc1csc(-c2ccc(CN3CCC(O)(Cn4cnc5c(cnn5-c5ccc(F)cc5)c4=O)CC3)c(Cl)c2)c1. The highest BCUT2D eigenvalue weighted by atomic mass is 35.5. The minimum atomic E-state index is -1.02. The second-order valence-corrected chi connectivity index (χ2v) is 11.6. The van der Waals surface area contributed by atoms with Crippen molar-refractivity contribution >= 4 is 34.0 Å². The first-order chi connectivity index (χ1) is 18.8. The van der Waals surface area contributed by atoms with Crippen molar-refractivity contribution in [1.82, 2.24) is 24.2 Å². The van der Waals surface area contributed by atoms with Crippen LogP contribution in [0.3, 0.4) is 0 Å². The van der Waals surface area contributed by atoms with Gasteiger partial charge in [0.15, 0.2) is 5.65 Å². The molecule has 0 radical (unpaired) electrons. The van der Waals surface area contributed by atoms with Crippen molar-refractivity contribution in [1.29, 1.82) is 0 Å². The Morgan fingerprint density at radius 2 is 1.90 bits per heavy atom. The van der Waals surface area contributed by atoms with Crippen LogP contribution in [0.15, 0.2) is 71.2 Å². The maximum atomic E-state index is 13.3. The summed E-state index contributed by atoms with van der Waals surface area (Å²) < 4.78 is 16.3. The molecule has 0 amide bonds. The van der Waals surface area contributed by atoms with Gasteiger partial charge in [0.05, 0.1) is 24.0 Å². The lowest BCUT2D eigenvalue weighted by Crippen LogP contribution is -2.47. The van der Waals surface area contributed by atoms with E-state index >= 15 is 0 Å². The van der Waals surface area contributed by atoms with Crippen LogP contribution in [0.25, 0.3) is 27.2 Å². The van der Waals surface area contributed by atoms with Crippen molar-refractivity contribution in [2.24, 2.45) is 0 Å². The Morgan fingerprint density at radius 3 is 2.59 bits per heavy atom. The van der Waals surface area contributed by atoms with Crippen molar-refractivity contribution in [3.63, 3.8) is 0 Å². The summed E-state index contributed by atoms with van der Waals surface area (Å²) in [6.45, 7) is 4.31. The fourth-order valence-corrected chi connectivity index (χ4v) is 6.23. The Labute approximate surface area is 233 Å². The zero-order chi connectivity index (χ0) is 27.1. The molecule has 6 rings (SSSR count). The summed E-state index contributed by atoms with van der Waals surface area (Å²) in [7, 11) is 0. The molecule has 200 valence electrons. The van der Waals surface area contributed by atoms with Crippen molar-refractivity contribution < 1.29 is 9.50 Å². The number of benzene rings is 2. The Balaban J connectivity index is 1.12. The molecule has 0 saturated carbocycles. The standard InChI is InChI=1S/C29H27ClFN5O2S/c1-19-12-26(39-16-19)20-2-3-21(25(30)13-20)15-34-10-8-29(38,9-11-34)17-35-18-32-27-24(28(35)37)14-33-36(27)23-6-4-22(31)5-7-23/h2-7,12-14,16,18,38H,8-11,15,17H2,1H3. The first-order valence-electron chi connectivity index (χ1n) is 12.8. The fraction of sp³-hybridized carbons (Fsp3) is 0.276. The molecule has 7 nitrogen and oxygen atoms in total. The van der Waals surface area contributed by atoms with E-state index in [-0.39, 0.29) is 17.9 Å². The van der Waals surface area contributed by atoms with E-state index in [1.54, 1.807) is 23.5 Å². The van der Waals surface area contributed by atoms with Gasteiger partial charge < -0.3 is 5.11 Å². The number of aryl methyl sites for hydroxylation is 1. The highest BCUT2D eigenvalue weighted by Crippen LogP contribution is 2.32. The van der Waals surface area contributed by atoms with Crippen LogP contribution in [0.4, 0.5) is 4.39 Å². The predicted octanol–water partition coefficient (Wildman–Crippen LogP) is 5.44. The van der Waals surface area contributed by atoms with Gasteiger partial charge in [-0.25, -0.2) is 14.1 Å². The van der Waals surface area contributed by atoms with Crippen LogP contribution in [-0.2, 0) is 13.1 Å². The number of piperidine rings is 1. The van der Waals surface area contributed by atoms with Crippen LogP contribution < -0.4 is 5.56 Å². The minimum Gasteiger partial charge on any atom is -0.388 e. The average molecular weight is 564 g/mol. The molecule has 0 bridgehead atoms. The largest absolute Gasteiger partial charge is 0.388 e. The Kier molecular flexibility index (Phi) is 6.84. The molecule has 0 spiro atoms. The Morgan fingerprint density at radius 1 is 1.13 bits per heavy atom. The fourth-order valence-electron chi connectivity index (χ4n) is 5.09. The van der Waals surface area contributed by atoms with Crippen molar-refractivity contribution in [3.05, 3.63) is 98.8 Å². The summed E-state index contributed by atoms with van der Waals surface area (Å²) in [6.07, 6.45) is 3.96. The molecular weight excluding hydrogens is 537 g/mol. The first kappa shape index (κ1) is 25.9. The van der Waals surface area contributed by atoms with Gasteiger partial charge >= 0.3 is 0 Å². The molecule has 3 aromatic heterocycles. The number of aromatic nitrogens is 4. The molecule has 2 aromatic carbocycles. The highest BCUT2D eigenvalue weighted by Gasteiger charge is 2.33. The number of fused-ring (bicyclic) bond motifs is 1. The zero-order valence-corrected chi connectivity index (χ0v) is 22.9. The molecule has 1 N–H and O–H groups in total. The van der Waals surface area contributed by atoms with E-state index in [1.807, 2.05) is 6.07 Å². The van der Waals surface area contributed by atoms with E-state index in [4.69, 9.17) is 11.6 Å². The van der Waals surface area contributed by atoms with Gasteiger partial charge in [-0.05, 0) is 78.2 Å². The third-order valence-electron chi connectivity index (χ3n) is 7.34. The summed E-state index contributed by atoms with van der Waals surface area (Å²) in [5, 5.41) is 18.8. The Hall–Kier alpha value is -3.37. The molecule has 1 aliphatic rings. The van der Waals surface area contributed by atoms with Gasteiger partial charge in [-0.1, -0.05) is 23.7 Å². The molecular formula is C29H27ClFN5O2S. The van der Waals surface area contributed by atoms with Gasteiger partial charge in [0, 0.05) is 29.5 Å². The summed E-state index contributed by atoms with van der Waals surface area (Å²) in [6, 6.07) is 14.2. The number of halogens is 2. The number of nitrogens with zero attached hydrogens (tertiary/aromatic N) is 5. The molecule has 0 aliphatic carbocycles. The lowest BCUT2D eigenvalue weighted by molar-refractivity contribution is -0.0364. The third kappa shape index (κ3) is 5.27. The van der Waals surface area contributed by atoms with E-state index < -0.39 is 5.60 Å². The molecule has 5 aromatic rings. The van der Waals surface area contributed by atoms with Gasteiger partial charge in [-0.15, -0.1) is 11.3 Å². The van der Waals surface area contributed by atoms with Gasteiger partial charge in [-0.3, -0.25) is 14.3 Å². The second kappa shape index (κ2) is 10.3. The number of likely N-dealkylation sites (tertiary alicyclic amines) is 1. The molecule has 10 heteroatoms. The summed E-state index contributed by atoms with van der Waals surface area (Å²) in [5.41, 5.74) is 3.14. The molecule has 39 heavy (non-hydrogen) atoms. The zero-order valence-electron chi connectivity index (χ0n) is 21.3. The summed E-state index contributed by atoms with van der Waals surface area (Å²) in [4.78, 5) is 21.1. The molecule has 0 unspecified atom stereocenters. The van der Waals surface area contributed by atoms with E-state index in [9.17, 15) is 14.3 Å². The minimum absolute atomic E-state index is 0.153. The number of aliphatic hydroxyl groups is 1. The van der Waals surface area contributed by atoms with E-state index in [1.165, 1.54) is 44.3 Å². The molecule has 4 heterocycles. The lowest BCUT2D eigenvalue weighted by atomic mass is 9.91. The number of hydrogen-bond donors (Lipinski definition) is 1. The molecule has 1 aliphatic heterocycles. The quantitative estimate of drug-likeness (QED) is 0.298. The summed E-state index contributed by atoms with van der Waals surface area (Å²) in [5.74, 6) is -0.352. The topological polar surface area (TPSA) is 76.2 Å². The van der Waals surface area contributed by atoms with Gasteiger partial charge in [0.25, 0.3) is 5.56 Å². The smallest absolute Gasteiger partial charge is 0.264 e. The van der Waals surface area contributed by atoms with Crippen molar-refractivity contribution in [3.8, 4) is 16.1 Å². The van der Waals surface area contributed by atoms with Crippen LogP contribution in [0.1, 0.15) is 24.0 Å². The average Bonchev–Trinajstić information content (AvgIpc) is 3.56. The molecule has 1 saturated heterocycles. The van der Waals surface area contributed by atoms with Gasteiger partial charge in [0.2, 0.25) is 0 Å². The number of hydrogen-bond acceptors (Lipinski definition) is 6. The van der Waals surface area contributed by atoms with Crippen LogP contribution in [-0.4, -0.2) is 48.0 Å². The normalized spacial score (nSPS) is 15.7. The van der Waals surface area contributed by atoms with Gasteiger partial charge in [0.1, 0.15) is 17.5 Å². The predicted molar refractivity (Wildman–Crippen MR) is 152 cm³/mol. The van der Waals surface area contributed by atoms with E-state index in [0.717, 1.165) is 16.1 Å². The number of thiophene rings is 1. The third-order valence-corrected chi connectivity index (χ3v) is 8.79. The lowest BCUT2D eigenvalue weighted by Gasteiger charge is -2.38. The van der Waals surface area contributed by atoms with E-state index in [0.29, 0.717) is 49.2 Å². The molecule has 0 atom stereocenters. The maximum absolute atomic E-state index is 13.3. The summed E-state index contributed by atoms with van der Waals surface area (Å²) >= 11 is 8.35. The van der Waals surface area contributed by atoms with E-state index in [2.05, 4.69) is 45.5 Å². The second-order valence-electron chi connectivity index (χ2n) is 10.2. The van der Waals surface area contributed by atoms with Crippen LogP contribution in [0.5, 0.6) is 0 Å². The van der Waals surface area contributed by atoms with Crippen LogP contribution >= 0.6 is 22.9 Å². The van der Waals surface area contributed by atoms with Crippen LogP contribution in [0.2, 0.25) is 5.02 Å². The maximum Gasteiger partial charge on any atom is 0.264 e. The highest BCUT2D eigenvalue weighted by molar-refractivity contribution is 7.13. The van der Waals surface area contributed by atoms with Crippen molar-refractivity contribution in [2.45, 2.75) is 38.5 Å². The van der Waals surface area contributed by atoms with Crippen LogP contribution in [0, 0.1) is 12.7 Å². The Bertz CT molecular complexity index is 1700. The first-order valence-corrected chi connectivity index (χ1v) is 14.0.